The van der Waals surface area contributed by atoms with E-state index in [1.165, 1.54) is 32.1 Å². The van der Waals surface area contributed by atoms with E-state index >= 15 is 0 Å². The van der Waals surface area contributed by atoms with Crippen LogP contribution in [0.15, 0.2) is 0 Å². The molecule has 1 N–H and O–H groups in total. The predicted octanol–water partition coefficient (Wildman–Crippen LogP) is 3.29. The molecule has 0 saturated carbocycles. The average molecular weight is 179 g/mol. The minimum atomic E-state index is -0.624. The van der Waals surface area contributed by atoms with Crippen LogP contribution in [0.3, 0.4) is 0 Å². The van der Waals surface area contributed by atoms with Crippen LogP contribution in [0.25, 0.3) is 0 Å². The van der Waals surface area contributed by atoms with Gasteiger partial charge in [0.25, 0.3) is 0 Å². The van der Waals surface area contributed by atoms with Gasteiger partial charge in [-0.25, -0.2) is 0 Å². The maximum absolute atomic E-state index is 8.72. The lowest BCUT2D eigenvalue weighted by atomic mass is 10.1. The van der Waals surface area contributed by atoms with E-state index in [4.69, 9.17) is 16.7 Å². The second kappa shape index (κ2) is 8.35. The van der Waals surface area contributed by atoms with E-state index in [1.54, 1.807) is 0 Å². The van der Waals surface area contributed by atoms with Crippen LogP contribution >= 0.6 is 11.6 Å². The van der Waals surface area contributed by atoms with Crippen LogP contribution < -0.4 is 0 Å². The highest BCUT2D eigenvalue weighted by Crippen LogP contribution is 2.09. The molecular weight excluding hydrogens is 160 g/mol. The minimum absolute atomic E-state index is 0.624. The average Bonchev–Trinajstić information content (AvgIpc) is 1.96. The van der Waals surface area contributed by atoms with Gasteiger partial charge in [-0.15, -0.1) is 0 Å². The molecule has 0 aromatic rings. The molecule has 0 rings (SSSR count). The fraction of sp³-hybridized carbons (Fsp3) is 1.00. The summed E-state index contributed by atoms with van der Waals surface area (Å²) >= 11 is 5.37. The van der Waals surface area contributed by atoms with E-state index in [2.05, 4.69) is 6.92 Å². The Hall–Kier alpha value is 0.250. The number of hydrogen-bond donors (Lipinski definition) is 1. The lowest BCUT2D eigenvalue weighted by Crippen LogP contribution is -1.94. The van der Waals surface area contributed by atoms with Crippen molar-refractivity contribution in [3.63, 3.8) is 0 Å². The van der Waals surface area contributed by atoms with Crippen LogP contribution in [0.5, 0.6) is 0 Å². The number of halogens is 1. The fourth-order valence-electron chi connectivity index (χ4n) is 1.09. The molecule has 11 heavy (non-hydrogen) atoms. The van der Waals surface area contributed by atoms with Crippen molar-refractivity contribution in [1.29, 1.82) is 0 Å². The predicted molar refractivity (Wildman–Crippen MR) is 49.9 cm³/mol. The topological polar surface area (TPSA) is 20.2 Å². The normalized spacial score (nSPS) is 13.4. The van der Waals surface area contributed by atoms with Crippen molar-refractivity contribution in [1.82, 2.24) is 0 Å². The Balaban J connectivity index is 2.80. The molecule has 0 amide bonds. The summed E-state index contributed by atoms with van der Waals surface area (Å²) < 4.78 is 0. The molecule has 68 valence electrons. The third-order valence-corrected chi connectivity index (χ3v) is 2.01. The number of rotatable bonds is 7. The molecule has 0 saturated heterocycles. The quantitative estimate of drug-likeness (QED) is 0.469. The zero-order chi connectivity index (χ0) is 8.53. The van der Waals surface area contributed by atoms with E-state index in [1.807, 2.05) is 0 Å². The highest BCUT2D eigenvalue weighted by Gasteiger charge is 1.96. The highest BCUT2D eigenvalue weighted by atomic mass is 35.5. The van der Waals surface area contributed by atoms with Crippen molar-refractivity contribution in [2.45, 2.75) is 57.4 Å². The first-order valence-corrected chi connectivity index (χ1v) is 5.03. The largest absolute Gasteiger partial charge is 0.378 e. The van der Waals surface area contributed by atoms with Crippen molar-refractivity contribution in [3.05, 3.63) is 0 Å². The second-order valence-corrected chi connectivity index (χ2v) is 3.49. The molecule has 1 nitrogen and oxygen atoms in total. The number of alkyl halides is 1. The summed E-state index contributed by atoms with van der Waals surface area (Å²) in [5, 5.41) is 8.72. The molecular formula is C9H19ClO. The molecule has 0 aromatic heterocycles. The second-order valence-electron chi connectivity index (χ2n) is 2.99. The van der Waals surface area contributed by atoms with Crippen molar-refractivity contribution in [2.24, 2.45) is 0 Å². The van der Waals surface area contributed by atoms with Gasteiger partial charge in [0, 0.05) is 0 Å². The Bertz CT molecular complexity index is 74.0. The monoisotopic (exact) mass is 178 g/mol. The van der Waals surface area contributed by atoms with E-state index in [-0.39, 0.29) is 0 Å². The molecule has 0 fully saturated rings. The molecule has 2 heteroatoms. The number of hydrogen-bond acceptors (Lipinski definition) is 1. The van der Waals surface area contributed by atoms with E-state index < -0.39 is 5.56 Å². The molecule has 0 heterocycles. The lowest BCUT2D eigenvalue weighted by molar-refractivity contribution is 0.240. The molecule has 0 aromatic carbocycles. The van der Waals surface area contributed by atoms with Crippen LogP contribution in [0.1, 0.15) is 51.9 Å². The minimum Gasteiger partial charge on any atom is -0.378 e. The number of aliphatic hydroxyl groups is 1. The standard InChI is InChI=1S/C9H19ClO/c1-2-3-4-5-6-7-8-9(10)11/h9,11H,2-8H2,1H3. The van der Waals surface area contributed by atoms with Crippen molar-refractivity contribution >= 4 is 11.6 Å². The van der Waals surface area contributed by atoms with Gasteiger partial charge in [-0.1, -0.05) is 50.6 Å². The van der Waals surface area contributed by atoms with Crippen molar-refractivity contribution < 1.29 is 5.11 Å². The Morgan fingerprint density at radius 2 is 1.64 bits per heavy atom. The van der Waals surface area contributed by atoms with Crippen molar-refractivity contribution in [3.8, 4) is 0 Å². The van der Waals surface area contributed by atoms with Gasteiger partial charge in [-0.3, -0.25) is 0 Å². The maximum atomic E-state index is 8.72. The zero-order valence-corrected chi connectivity index (χ0v) is 8.11. The Morgan fingerprint density at radius 1 is 1.09 bits per heavy atom. The van der Waals surface area contributed by atoms with E-state index in [0.29, 0.717) is 0 Å². The van der Waals surface area contributed by atoms with Crippen LogP contribution in [0, 0.1) is 0 Å². The van der Waals surface area contributed by atoms with Gasteiger partial charge >= 0.3 is 0 Å². The van der Waals surface area contributed by atoms with Gasteiger partial charge in [0.1, 0.15) is 5.56 Å². The third kappa shape index (κ3) is 10.2. The molecule has 0 aliphatic rings. The first kappa shape index (κ1) is 11.2. The SMILES string of the molecule is CCCCCCCCC(O)Cl. The Kier molecular flexibility index (Phi) is 8.54. The molecule has 0 radical (unpaired) electrons. The summed E-state index contributed by atoms with van der Waals surface area (Å²) in [5.41, 5.74) is -0.624. The third-order valence-electron chi connectivity index (χ3n) is 1.80. The van der Waals surface area contributed by atoms with Gasteiger partial charge in [0.15, 0.2) is 0 Å². The first-order chi connectivity index (χ1) is 5.27. The zero-order valence-electron chi connectivity index (χ0n) is 7.35. The van der Waals surface area contributed by atoms with Crippen LogP contribution in [-0.2, 0) is 0 Å². The maximum Gasteiger partial charge on any atom is 0.128 e. The summed E-state index contributed by atoms with van der Waals surface area (Å²) in [6.07, 6.45) is 8.26. The smallest absolute Gasteiger partial charge is 0.128 e. The summed E-state index contributed by atoms with van der Waals surface area (Å²) in [6.45, 7) is 2.21. The number of unbranched alkanes of at least 4 members (excludes halogenated alkanes) is 5. The molecule has 1 atom stereocenters. The van der Waals surface area contributed by atoms with Gasteiger partial charge in [-0.2, -0.15) is 0 Å². The lowest BCUT2D eigenvalue weighted by Gasteiger charge is -2.01. The molecule has 0 aliphatic carbocycles. The van der Waals surface area contributed by atoms with Crippen LogP contribution in [0.4, 0.5) is 0 Å². The molecule has 0 bridgehead atoms. The van der Waals surface area contributed by atoms with E-state index in [9.17, 15) is 0 Å². The van der Waals surface area contributed by atoms with Gasteiger partial charge in [-0.05, 0) is 12.8 Å². The molecule has 0 aliphatic heterocycles. The Morgan fingerprint density at radius 3 is 2.18 bits per heavy atom. The van der Waals surface area contributed by atoms with Crippen LogP contribution in [0.2, 0.25) is 0 Å². The summed E-state index contributed by atoms with van der Waals surface area (Å²) in [6, 6.07) is 0. The van der Waals surface area contributed by atoms with E-state index in [0.717, 1.165) is 12.8 Å². The van der Waals surface area contributed by atoms with Gasteiger partial charge in [0.2, 0.25) is 0 Å². The molecule has 0 spiro atoms. The fourth-order valence-corrected chi connectivity index (χ4v) is 1.25. The number of aliphatic hydroxyl groups excluding tert-OH is 1. The Labute approximate surface area is 74.8 Å². The van der Waals surface area contributed by atoms with Crippen molar-refractivity contribution in [2.75, 3.05) is 0 Å². The summed E-state index contributed by atoms with van der Waals surface area (Å²) in [5.74, 6) is 0. The van der Waals surface area contributed by atoms with Crippen LogP contribution in [-0.4, -0.2) is 10.7 Å². The van der Waals surface area contributed by atoms with Gasteiger partial charge < -0.3 is 5.11 Å². The summed E-state index contributed by atoms with van der Waals surface area (Å²) in [4.78, 5) is 0. The van der Waals surface area contributed by atoms with Gasteiger partial charge in [0.05, 0.1) is 0 Å². The first-order valence-electron chi connectivity index (χ1n) is 4.59. The molecule has 1 unspecified atom stereocenters. The highest BCUT2D eigenvalue weighted by molar-refractivity contribution is 6.19. The summed E-state index contributed by atoms with van der Waals surface area (Å²) in [7, 11) is 0.